The molecule has 1 aromatic carbocycles. The van der Waals surface area contributed by atoms with Crippen LogP contribution in [0.2, 0.25) is 0 Å². The number of terminal acetylenes is 1. The van der Waals surface area contributed by atoms with Gasteiger partial charge in [-0.1, -0.05) is 5.92 Å². The van der Waals surface area contributed by atoms with Crippen LogP contribution in [0.25, 0.3) is 0 Å². The van der Waals surface area contributed by atoms with Gasteiger partial charge in [0.1, 0.15) is 5.82 Å². The standard InChI is InChI=1S/C14H19FN2/c1-5-9-17(6-2)14-8-7-12(15)10-13(14)11(3)16-4/h1,7-8,10-11,16H,6,9H2,2-4H3. The average Bonchev–Trinajstić information content (AvgIpc) is 2.35. The van der Waals surface area contributed by atoms with E-state index in [0.717, 1.165) is 17.8 Å². The highest BCUT2D eigenvalue weighted by Gasteiger charge is 2.14. The van der Waals surface area contributed by atoms with Gasteiger partial charge in [-0.25, -0.2) is 4.39 Å². The highest BCUT2D eigenvalue weighted by atomic mass is 19.1. The number of hydrogen-bond donors (Lipinski definition) is 1. The zero-order valence-electron chi connectivity index (χ0n) is 10.6. The smallest absolute Gasteiger partial charge is 0.123 e. The van der Waals surface area contributed by atoms with Gasteiger partial charge in [0.15, 0.2) is 0 Å². The molecule has 1 aromatic rings. The Hall–Kier alpha value is -1.53. The molecule has 3 heteroatoms. The third-order valence-corrected chi connectivity index (χ3v) is 2.89. The Morgan fingerprint density at radius 2 is 2.24 bits per heavy atom. The zero-order valence-corrected chi connectivity index (χ0v) is 10.6. The summed E-state index contributed by atoms with van der Waals surface area (Å²) in [7, 11) is 1.86. The van der Waals surface area contributed by atoms with Crippen LogP contribution >= 0.6 is 0 Å². The molecule has 92 valence electrons. The van der Waals surface area contributed by atoms with Crippen molar-refractivity contribution in [1.82, 2.24) is 5.32 Å². The molecule has 0 aliphatic rings. The molecule has 1 N–H and O–H groups in total. The van der Waals surface area contributed by atoms with Gasteiger partial charge in [0.25, 0.3) is 0 Å². The summed E-state index contributed by atoms with van der Waals surface area (Å²) >= 11 is 0. The molecule has 2 nitrogen and oxygen atoms in total. The lowest BCUT2D eigenvalue weighted by molar-refractivity contribution is 0.607. The Bertz CT molecular complexity index is 409. The fourth-order valence-corrected chi connectivity index (χ4v) is 1.79. The maximum absolute atomic E-state index is 13.3. The number of halogens is 1. The molecule has 0 aliphatic carbocycles. The van der Waals surface area contributed by atoms with Crippen LogP contribution in [0.4, 0.5) is 10.1 Å². The third kappa shape index (κ3) is 3.21. The van der Waals surface area contributed by atoms with E-state index in [1.165, 1.54) is 6.07 Å². The van der Waals surface area contributed by atoms with Crippen molar-refractivity contribution in [3.8, 4) is 12.3 Å². The minimum absolute atomic E-state index is 0.0903. The molecular formula is C14H19FN2. The van der Waals surface area contributed by atoms with Crippen molar-refractivity contribution in [2.45, 2.75) is 19.9 Å². The first kappa shape index (κ1) is 13.5. The Morgan fingerprint density at radius 3 is 2.76 bits per heavy atom. The SMILES string of the molecule is C#CCN(CC)c1ccc(F)cc1C(C)NC. The van der Waals surface area contributed by atoms with Crippen molar-refractivity contribution in [2.75, 3.05) is 25.0 Å². The van der Waals surface area contributed by atoms with Crippen LogP contribution in [0.1, 0.15) is 25.5 Å². The van der Waals surface area contributed by atoms with Crippen molar-refractivity contribution in [1.29, 1.82) is 0 Å². The average molecular weight is 234 g/mol. The van der Waals surface area contributed by atoms with E-state index in [-0.39, 0.29) is 11.9 Å². The van der Waals surface area contributed by atoms with Gasteiger partial charge in [-0.15, -0.1) is 6.42 Å². The second kappa shape index (κ2) is 6.27. The van der Waals surface area contributed by atoms with Gasteiger partial charge in [0.2, 0.25) is 0 Å². The van der Waals surface area contributed by atoms with Crippen molar-refractivity contribution in [3.63, 3.8) is 0 Å². The molecule has 0 bridgehead atoms. The molecule has 0 fully saturated rings. The maximum Gasteiger partial charge on any atom is 0.123 e. The quantitative estimate of drug-likeness (QED) is 0.788. The van der Waals surface area contributed by atoms with Crippen LogP contribution in [-0.2, 0) is 0 Å². The van der Waals surface area contributed by atoms with E-state index in [1.807, 2.05) is 20.9 Å². The van der Waals surface area contributed by atoms with E-state index < -0.39 is 0 Å². The predicted molar refractivity (Wildman–Crippen MR) is 70.6 cm³/mol. The number of nitrogens with one attached hydrogen (secondary N) is 1. The number of rotatable bonds is 5. The van der Waals surface area contributed by atoms with Gasteiger partial charge in [-0.2, -0.15) is 0 Å². The van der Waals surface area contributed by atoms with Crippen LogP contribution < -0.4 is 10.2 Å². The Labute approximate surface area is 103 Å². The molecule has 0 heterocycles. The maximum atomic E-state index is 13.3. The van der Waals surface area contributed by atoms with Crippen molar-refractivity contribution >= 4 is 5.69 Å². The molecule has 17 heavy (non-hydrogen) atoms. The monoisotopic (exact) mass is 234 g/mol. The van der Waals surface area contributed by atoms with Crippen molar-refractivity contribution < 1.29 is 4.39 Å². The Morgan fingerprint density at radius 1 is 1.53 bits per heavy atom. The summed E-state index contributed by atoms with van der Waals surface area (Å²) in [6.07, 6.45) is 5.35. The fourth-order valence-electron chi connectivity index (χ4n) is 1.79. The lowest BCUT2D eigenvalue weighted by Gasteiger charge is -2.26. The van der Waals surface area contributed by atoms with Gasteiger partial charge < -0.3 is 10.2 Å². The predicted octanol–water partition coefficient (Wildman–Crippen LogP) is 2.57. The van der Waals surface area contributed by atoms with Gasteiger partial charge in [0.05, 0.1) is 6.54 Å². The molecule has 0 aliphatic heterocycles. The van der Waals surface area contributed by atoms with E-state index in [0.29, 0.717) is 6.54 Å². The van der Waals surface area contributed by atoms with Gasteiger partial charge in [-0.05, 0) is 44.7 Å². The molecule has 1 atom stereocenters. The van der Waals surface area contributed by atoms with Gasteiger partial charge in [-0.3, -0.25) is 0 Å². The molecular weight excluding hydrogens is 215 g/mol. The van der Waals surface area contributed by atoms with Crippen LogP contribution in [0.5, 0.6) is 0 Å². The van der Waals surface area contributed by atoms with Crippen LogP contribution in [-0.4, -0.2) is 20.1 Å². The van der Waals surface area contributed by atoms with E-state index in [2.05, 4.69) is 16.1 Å². The topological polar surface area (TPSA) is 15.3 Å². The largest absolute Gasteiger partial charge is 0.360 e. The molecule has 0 radical (unpaired) electrons. The Kier molecular flexibility index (Phi) is 4.99. The van der Waals surface area contributed by atoms with E-state index in [9.17, 15) is 4.39 Å². The highest BCUT2D eigenvalue weighted by Crippen LogP contribution is 2.26. The summed E-state index contributed by atoms with van der Waals surface area (Å²) in [4.78, 5) is 2.06. The molecule has 0 amide bonds. The summed E-state index contributed by atoms with van der Waals surface area (Å²) in [5.74, 6) is 2.41. The first-order chi connectivity index (χ1) is 8.13. The molecule has 0 saturated heterocycles. The minimum atomic E-state index is -0.220. The third-order valence-electron chi connectivity index (χ3n) is 2.89. The van der Waals surface area contributed by atoms with Crippen molar-refractivity contribution in [2.24, 2.45) is 0 Å². The van der Waals surface area contributed by atoms with E-state index in [1.54, 1.807) is 12.1 Å². The summed E-state index contributed by atoms with van der Waals surface area (Å²) < 4.78 is 13.3. The molecule has 0 saturated carbocycles. The number of anilines is 1. The molecule has 0 spiro atoms. The first-order valence-electron chi connectivity index (χ1n) is 5.79. The van der Waals surface area contributed by atoms with Gasteiger partial charge >= 0.3 is 0 Å². The number of hydrogen-bond acceptors (Lipinski definition) is 2. The second-order valence-electron chi connectivity index (χ2n) is 3.93. The van der Waals surface area contributed by atoms with Crippen LogP contribution in [0, 0.1) is 18.2 Å². The van der Waals surface area contributed by atoms with Crippen LogP contribution in [0.15, 0.2) is 18.2 Å². The zero-order chi connectivity index (χ0) is 12.8. The molecule has 0 aromatic heterocycles. The van der Waals surface area contributed by atoms with Crippen molar-refractivity contribution in [3.05, 3.63) is 29.6 Å². The number of nitrogens with zero attached hydrogens (tertiary/aromatic N) is 1. The summed E-state index contributed by atoms with van der Waals surface area (Å²) in [5.41, 5.74) is 1.93. The number of benzene rings is 1. The van der Waals surface area contributed by atoms with Gasteiger partial charge in [0, 0.05) is 18.3 Å². The second-order valence-corrected chi connectivity index (χ2v) is 3.93. The van der Waals surface area contributed by atoms with E-state index >= 15 is 0 Å². The summed E-state index contributed by atoms with van der Waals surface area (Å²) in [5, 5.41) is 3.12. The lowest BCUT2D eigenvalue weighted by atomic mass is 10.0. The van der Waals surface area contributed by atoms with Crippen LogP contribution in [0.3, 0.4) is 0 Å². The first-order valence-corrected chi connectivity index (χ1v) is 5.79. The summed E-state index contributed by atoms with van der Waals surface area (Å²) in [6, 6.07) is 4.92. The normalized spacial score (nSPS) is 11.9. The minimum Gasteiger partial charge on any atom is -0.360 e. The molecule has 1 rings (SSSR count). The fraction of sp³-hybridized carbons (Fsp3) is 0.429. The summed E-state index contributed by atoms with van der Waals surface area (Å²) in [6.45, 7) is 5.38. The highest BCUT2D eigenvalue weighted by molar-refractivity contribution is 5.55. The molecule has 1 unspecified atom stereocenters. The van der Waals surface area contributed by atoms with E-state index in [4.69, 9.17) is 6.42 Å². The lowest BCUT2D eigenvalue weighted by Crippen LogP contribution is -2.26. The Balaban J connectivity index is 3.17.